The average Bonchev–Trinajstić information content (AvgIpc) is 2.77. The Kier molecular flexibility index (Phi) is 6.20. The number of halogens is 1. The third-order valence-corrected chi connectivity index (χ3v) is 2.73. The van der Waals surface area contributed by atoms with Crippen LogP contribution in [0, 0.1) is 6.92 Å². The average molecular weight is 311 g/mol. The maximum Gasteiger partial charge on any atom is 0.273 e. The summed E-state index contributed by atoms with van der Waals surface area (Å²) in [6.07, 6.45) is 0. The largest absolute Gasteiger partial charge is 0.492 e. The lowest BCUT2D eigenvalue weighted by atomic mass is 10.3. The molecule has 1 aromatic carbocycles. The summed E-state index contributed by atoms with van der Waals surface area (Å²) in [7, 11) is 1.74. The summed E-state index contributed by atoms with van der Waals surface area (Å²) in [5.41, 5.74) is 7.39. The standard InChI is InChI=1S/C14H18N4O2.ClH/c1-10-9-13(18(2)17-10)14(19)16-11-3-5-12(6-4-11)20-8-7-15;/h3-6,9H,7-8,15H2,1-2H3,(H,16,19);1H. The van der Waals surface area contributed by atoms with Crippen molar-refractivity contribution in [3.8, 4) is 5.75 Å². The molecule has 1 aromatic heterocycles. The summed E-state index contributed by atoms with van der Waals surface area (Å²) >= 11 is 0. The number of nitrogens with zero attached hydrogens (tertiary/aromatic N) is 2. The molecule has 0 saturated heterocycles. The van der Waals surface area contributed by atoms with Crippen molar-refractivity contribution in [1.82, 2.24) is 9.78 Å². The molecule has 0 atom stereocenters. The summed E-state index contributed by atoms with van der Waals surface area (Å²) in [4.78, 5) is 12.1. The number of carbonyl (C=O) groups is 1. The second-order valence-corrected chi connectivity index (χ2v) is 4.41. The zero-order valence-electron chi connectivity index (χ0n) is 12.0. The third kappa shape index (κ3) is 4.47. The van der Waals surface area contributed by atoms with Gasteiger partial charge in [0.05, 0.1) is 5.69 Å². The minimum atomic E-state index is -0.191. The van der Waals surface area contributed by atoms with E-state index in [2.05, 4.69) is 10.4 Å². The Bertz CT molecular complexity index is 596. The summed E-state index contributed by atoms with van der Waals surface area (Å²) in [5, 5.41) is 6.96. The van der Waals surface area contributed by atoms with Crippen LogP contribution in [0.15, 0.2) is 30.3 Å². The molecule has 0 bridgehead atoms. The summed E-state index contributed by atoms with van der Waals surface area (Å²) in [6, 6.07) is 8.90. The quantitative estimate of drug-likeness (QED) is 0.881. The van der Waals surface area contributed by atoms with Gasteiger partial charge in [-0.05, 0) is 37.3 Å². The van der Waals surface area contributed by atoms with Crippen molar-refractivity contribution in [2.75, 3.05) is 18.5 Å². The molecule has 114 valence electrons. The van der Waals surface area contributed by atoms with Crippen LogP contribution in [-0.2, 0) is 7.05 Å². The summed E-state index contributed by atoms with van der Waals surface area (Å²) < 4.78 is 6.93. The highest BCUT2D eigenvalue weighted by molar-refractivity contribution is 6.03. The van der Waals surface area contributed by atoms with Gasteiger partial charge in [0, 0.05) is 19.3 Å². The van der Waals surface area contributed by atoms with Gasteiger partial charge in [0.1, 0.15) is 18.1 Å². The Morgan fingerprint density at radius 1 is 1.38 bits per heavy atom. The van der Waals surface area contributed by atoms with Crippen LogP contribution < -0.4 is 15.8 Å². The van der Waals surface area contributed by atoms with Crippen LogP contribution in [0.25, 0.3) is 0 Å². The first-order chi connectivity index (χ1) is 9.60. The monoisotopic (exact) mass is 310 g/mol. The fourth-order valence-electron chi connectivity index (χ4n) is 1.83. The van der Waals surface area contributed by atoms with Gasteiger partial charge in [-0.25, -0.2) is 0 Å². The van der Waals surface area contributed by atoms with Crippen molar-refractivity contribution < 1.29 is 9.53 Å². The Labute approximate surface area is 129 Å². The first kappa shape index (κ1) is 17.0. The van der Waals surface area contributed by atoms with Crippen molar-refractivity contribution >= 4 is 24.0 Å². The fraction of sp³-hybridized carbons (Fsp3) is 0.286. The number of aromatic nitrogens is 2. The van der Waals surface area contributed by atoms with E-state index in [1.807, 2.05) is 6.92 Å². The maximum atomic E-state index is 12.1. The van der Waals surface area contributed by atoms with Gasteiger partial charge in [0.2, 0.25) is 0 Å². The minimum absolute atomic E-state index is 0. The Hall–Kier alpha value is -2.05. The van der Waals surface area contributed by atoms with Crippen molar-refractivity contribution in [3.63, 3.8) is 0 Å². The number of carbonyl (C=O) groups excluding carboxylic acids is 1. The van der Waals surface area contributed by atoms with E-state index in [1.54, 1.807) is 42.1 Å². The van der Waals surface area contributed by atoms with Crippen LogP contribution in [0.3, 0.4) is 0 Å². The van der Waals surface area contributed by atoms with Gasteiger partial charge in [-0.3, -0.25) is 9.48 Å². The number of hydrogen-bond donors (Lipinski definition) is 2. The number of hydrogen-bond acceptors (Lipinski definition) is 4. The molecule has 2 rings (SSSR count). The van der Waals surface area contributed by atoms with E-state index in [0.717, 1.165) is 11.4 Å². The number of rotatable bonds is 5. The number of ether oxygens (including phenoxy) is 1. The zero-order valence-corrected chi connectivity index (χ0v) is 12.8. The molecule has 0 aliphatic carbocycles. The van der Waals surface area contributed by atoms with E-state index in [0.29, 0.717) is 24.5 Å². The zero-order chi connectivity index (χ0) is 14.5. The molecule has 0 radical (unpaired) electrons. The molecule has 3 N–H and O–H groups in total. The molecule has 0 saturated carbocycles. The lowest BCUT2D eigenvalue weighted by Gasteiger charge is -2.07. The van der Waals surface area contributed by atoms with Gasteiger partial charge in [0.15, 0.2) is 0 Å². The Balaban J connectivity index is 0.00000220. The molecule has 6 nitrogen and oxygen atoms in total. The van der Waals surface area contributed by atoms with Gasteiger partial charge >= 0.3 is 0 Å². The molecule has 1 amide bonds. The van der Waals surface area contributed by atoms with E-state index < -0.39 is 0 Å². The lowest BCUT2D eigenvalue weighted by molar-refractivity contribution is 0.101. The van der Waals surface area contributed by atoms with Gasteiger partial charge in [-0.15, -0.1) is 12.4 Å². The first-order valence-electron chi connectivity index (χ1n) is 6.35. The lowest BCUT2D eigenvalue weighted by Crippen LogP contribution is -2.16. The van der Waals surface area contributed by atoms with Crippen molar-refractivity contribution in [2.24, 2.45) is 12.8 Å². The molecule has 1 heterocycles. The number of nitrogens with one attached hydrogen (secondary N) is 1. The first-order valence-corrected chi connectivity index (χ1v) is 6.35. The fourth-order valence-corrected chi connectivity index (χ4v) is 1.83. The predicted octanol–water partition coefficient (Wildman–Crippen LogP) is 1.74. The molecule has 2 aromatic rings. The number of aryl methyl sites for hydroxylation is 2. The molecule has 0 spiro atoms. The number of amides is 1. The molecule has 7 heteroatoms. The normalized spacial score (nSPS) is 9.86. The minimum Gasteiger partial charge on any atom is -0.492 e. The van der Waals surface area contributed by atoms with Crippen LogP contribution in [0.1, 0.15) is 16.2 Å². The van der Waals surface area contributed by atoms with E-state index in [9.17, 15) is 4.79 Å². The highest BCUT2D eigenvalue weighted by atomic mass is 35.5. The van der Waals surface area contributed by atoms with Crippen molar-refractivity contribution in [1.29, 1.82) is 0 Å². The number of benzene rings is 1. The van der Waals surface area contributed by atoms with Crippen molar-refractivity contribution in [2.45, 2.75) is 6.92 Å². The Morgan fingerprint density at radius 2 is 2.05 bits per heavy atom. The summed E-state index contributed by atoms with van der Waals surface area (Å²) in [5.74, 6) is 0.536. The Morgan fingerprint density at radius 3 is 2.57 bits per heavy atom. The molecule has 0 aliphatic rings. The SMILES string of the molecule is Cc1cc(C(=O)Nc2ccc(OCCN)cc2)n(C)n1.Cl. The smallest absolute Gasteiger partial charge is 0.273 e. The highest BCUT2D eigenvalue weighted by Crippen LogP contribution is 2.16. The van der Waals surface area contributed by atoms with E-state index in [1.165, 1.54) is 0 Å². The van der Waals surface area contributed by atoms with Crippen molar-refractivity contribution in [3.05, 3.63) is 41.7 Å². The highest BCUT2D eigenvalue weighted by Gasteiger charge is 2.11. The van der Waals surface area contributed by atoms with E-state index in [4.69, 9.17) is 10.5 Å². The predicted molar refractivity (Wildman–Crippen MR) is 84.1 cm³/mol. The second kappa shape index (κ2) is 7.66. The third-order valence-electron chi connectivity index (χ3n) is 2.73. The van der Waals surface area contributed by atoms with Crippen LogP contribution >= 0.6 is 12.4 Å². The molecular weight excluding hydrogens is 292 g/mol. The molecular formula is C14H19ClN4O2. The van der Waals surface area contributed by atoms with Gasteiger partial charge in [0.25, 0.3) is 5.91 Å². The van der Waals surface area contributed by atoms with Crippen LogP contribution in [-0.4, -0.2) is 28.8 Å². The number of anilines is 1. The van der Waals surface area contributed by atoms with Crippen LogP contribution in [0.5, 0.6) is 5.75 Å². The molecule has 0 unspecified atom stereocenters. The van der Waals surface area contributed by atoms with E-state index >= 15 is 0 Å². The maximum absolute atomic E-state index is 12.1. The molecule has 0 fully saturated rings. The molecule has 21 heavy (non-hydrogen) atoms. The van der Waals surface area contributed by atoms with E-state index in [-0.39, 0.29) is 18.3 Å². The van der Waals surface area contributed by atoms with Gasteiger partial charge < -0.3 is 15.8 Å². The van der Waals surface area contributed by atoms with Gasteiger partial charge in [-0.2, -0.15) is 5.10 Å². The number of nitrogens with two attached hydrogens (primary N) is 1. The van der Waals surface area contributed by atoms with Gasteiger partial charge in [-0.1, -0.05) is 0 Å². The molecule has 0 aliphatic heterocycles. The summed E-state index contributed by atoms with van der Waals surface area (Å²) in [6.45, 7) is 2.79. The second-order valence-electron chi connectivity index (χ2n) is 4.41. The topological polar surface area (TPSA) is 82.2 Å². The van der Waals surface area contributed by atoms with Crippen LogP contribution in [0.4, 0.5) is 5.69 Å². The van der Waals surface area contributed by atoms with Crippen LogP contribution in [0.2, 0.25) is 0 Å².